The summed E-state index contributed by atoms with van der Waals surface area (Å²) in [5, 5.41) is 0. The maximum Gasteiger partial charge on any atom is 0.416 e. The molecule has 1 rings (SSSR count). The standard InChI is InChI=1S/C12H15F3N2O2/c1-17(2)6-7-4-8(12(13,14)15)5-9(11(16)18)10(7)19-3/h4-5H,6H2,1-3H3,(H2,16,18). The Labute approximate surface area is 108 Å². The number of benzene rings is 1. The van der Waals surface area contributed by atoms with E-state index in [-0.39, 0.29) is 23.4 Å². The van der Waals surface area contributed by atoms with Gasteiger partial charge in [-0.1, -0.05) is 0 Å². The van der Waals surface area contributed by atoms with E-state index in [4.69, 9.17) is 10.5 Å². The fourth-order valence-corrected chi connectivity index (χ4v) is 1.73. The molecule has 0 aliphatic rings. The van der Waals surface area contributed by atoms with E-state index in [1.165, 1.54) is 7.11 Å². The molecule has 0 aromatic heterocycles. The summed E-state index contributed by atoms with van der Waals surface area (Å²) >= 11 is 0. The number of hydrogen-bond donors (Lipinski definition) is 1. The first-order chi connectivity index (χ1) is 8.66. The van der Waals surface area contributed by atoms with Crippen LogP contribution in [-0.4, -0.2) is 32.0 Å². The molecule has 0 atom stereocenters. The molecule has 0 aliphatic heterocycles. The number of methoxy groups -OCH3 is 1. The van der Waals surface area contributed by atoms with Crippen LogP contribution in [0.15, 0.2) is 12.1 Å². The van der Waals surface area contributed by atoms with Gasteiger partial charge in [0.15, 0.2) is 0 Å². The van der Waals surface area contributed by atoms with Gasteiger partial charge in [0, 0.05) is 12.1 Å². The van der Waals surface area contributed by atoms with E-state index >= 15 is 0 Å². The number of halogens is 3. The number of nitrogens with two attached hydrogens (primary N) is 1. The van der Waals surface area contributed by atoms with E-state index in [2.05, 4.69) is 0 Å². The average molecular weight is 276 g/mol. The molecule has 0 saturated heterocycles. The predicted molar refractivity (Wildman–Crippen MR) is 63.9 cm³/mol. The lowest BCUT2D eigenvalue weighted by Crippen LogP contribution is -2.19. The topological polar surface area (TPSA) is 55.6 Å². The van der Waals surface area contributed by atoms with Crippen LogP contribution >= 0.6 is 0 Å². The van der Waals surface area contributed by atoms with Crippen molar-refractivity contribution < 1.29 is 22.7 Å². The third-order valence-corrected chi connectivity index (χ3v) is 2.45. The molecule has 0 radical (unpaired) electrons. The zero-order valence-corrected chi connectivity index (χ0v) is 10.8. The average Bonchev–Trinajstić information content (AvgIpc) is 2.25. The zero-order chi connectivity index (χ0) is 14.8. The third kappa shape index (κ3) is 3.60. The van der Waals surface area contributed by atoms with Crippen LogP contribution in [0, 0.1) is 0 Å². The van der Waals surface area contributed by atoms with Gasteiger partial charge in [0.2, 0.25) is 0 Å². The summed E-state index contributed by atoms with van der Waals surface area (Å²) in [6.45, 7) is 0.202. The van der Waals surface area contributed by atoms with Crippen molar-refractivity contribution in [1.82, 2.24) is 4.90 Å². The first-order valence-corrected chi connectivity index (χ1v) is 5.39. The minimum atomic E-state index is -4.54. The van der Waals surface area contributed by atoms with E-state index < -0.39 is 17.6 Å². The van der Waals surface area contributed by atoms with Crippen molar-refractivity contribution in [3.05, 3.63) is 28.8 Å². The van der Waals surface area contributed by atoms with Crippen molar-refractivity contribution in [3.63, 3.8) is 0 Å². The summed E-state index contributed by atoms with van der Waals surface area (Å²) in [5.41, 5.74) is 4.18. The molecule has 0 heterocycles. The molecule has 0 saturated carbocycles. The number of rotatable bonds is 4. The molecule has 2 N–H and O–H groups in total. The predicted octanol–water partition coefficient (Wildman–Crippen LogP) is 1.87. The lowest BCUT2D eigenvalue weighted by molar-refractivity contribution is -0.137. The fourth-order valence-electron chi connectivity index (χ4n) is 1.73. The summed E-state index contributed by atoms with van der Waals surface area (Å²) in [6.07, 6.45) is -4.54. The molecule has 1 aromatic rings. The SMILES string of the molecule is COc1c(CN(C)C)cc(C(F)(F)F)cc1C(N)=O. The monoisotopic (exact) mass is 276 g/mol. The number of primary amides is 1. The van der Waals surface area contributed by atoms with Gasteiger partial charge < -0.3 is 15.4 Å². The number of amides is 1. The Hall–Kier alpha value is -1.76. The van der Waals surface area contributed by atoms with Crippen molar-refractivity contribution in [1.29, 1.82) is 0 Å². The van der Waals surface area contributed by atoms with Gasteiger partial charge in [0.05, 0.1) is 18.2 Å². The molecule has 19 heavy (non-hydrogen) atoms. The number of carbonyl (C=O) groups excluding carboxylic acids is 1. The van der Waals surface area contributed by atoms with Crippen molar-refractivity contribution >= 4 is 5.91 Å². The van der Waals surface area contributed by atoms with Crippen LogP contribution in [-0.2, 0) is 12.7 Å². The van der Waals surface area contributed by atoms with Crippen molar-refractivity contribution in [2.75, 3.05) is 21.2 Å². The zero-order valence-electron chi connectivity index (χ0n) is 10.8. The van der Waals surface area contributed by atoms with Gasteiger partial charge in [0.1, 0.15) is 5.75 Å². The Morgan fingerprint density at radius 1 is 1.37 bits per heavy atom. The summed E-state index contributed by atoms with van der Waals surface area (Å²) in [6, 6.07) is 1.67. The molecular formula is C12H15F3N2O2. The van der Waals surface area contributed by atoms with Crippen molar-refractivity contribution in [2.24, 2.45) is 5.73 Å². The molecule has 4 nitrogen and oxygen atoms in total. The van der Waals surface area contributed by atoms with Gasteiger partial charge in [0.25, 0.3) is 5.91 Å². The van der Waals surface area contributed by atoms with Crippen LogP contribution in [0.1, 0.15) is 21.5 Å². The highest BCUT2D eigenvalue weighted by Gasteiger charge is 2.33. The Morgan fingerprint density at radius 3 is 2.32 bits per heavy atom. The molecule has 0 spiro atoms. The van der Waals surface area contributed by atoms with Gasteiger partial charge in [-0.25, -0.2) is 0 Å². The lowest BCUT2D eigenvalue weighted by atomic mass is 10.0. The second kappa shape index (κ2) is 5.48. The van der Waals surface area contributed by atoms with Crippen LogP contribution in [0.2, 0.25) is 0 Å². The van der Waals surface area contributed by atoms with Crippen molar-refractivity contribution in [3.8, 4) is 5.75 Å². The molecule has 0 bridgehead atoms. The Bertz CT molecular complexity index is 485. The normalized spacial score (nSPS) is 11.7. The highest BCUT2D eigenvalue weighted by Crippen LogP contribution is 2.35. The van der Waals surface area contributed by atoms with Crippen molar-refractivity contribution in [2.45, 2.75) is 12.7 Å². The van der Waals surface area contributed by atoms with Crippen LogP contribution < -0.4 is 10.5 Å². The van der Waals surface area contributed by atoms with Crippen LogP contribution in [0.3, 0.4) is 0 Å². The lowest BCUT2D eigenvalue weighted by Gasteiger charge is -2.18. The van der Waals surface area contributed by atoms with Gasteiger partial charge >= 0.3 is 6.18 Å². The van der Waals surface area contributed by atoms with Gasteiger partial charge in [-0.3, -0.25) is 4.79 Å². The molecule has 1 aromatic carbocycles. The largest absolute Gasteiger partial charge is 0.496 e. The van der Waals surface area contributed by atoms with Crippen LogP contribution in [0.25, 0.3) is 0 Å². The number of carbonyl (C=O) groups is 1. The summed E-state index contributed by atoms with van der Waals surface area (Å²) < 4.78 is 43.3. The number of alkyl halides is 3. The third-order valence-electron chi connectivity index (χ3n) is 2.45. The Balaban J connectivity index is 3.49. The fraction of sp³-hybridized carbons (Fsp3) is 0.417. The van der Waals surface area contributed by atoms with Crippen LogP contribution in [0.4, 0.5) is 13.2 Å². The van der Waals surface area contributed by atoms with Gasteiger partial charge in [-0.05, 0) is 26.2 Å². The van der Waals surface area contributed by atoms with Gasteiger partial charge in [-0.15, -0.1) is 0 Å². The summed E-state index contributed by atoms with van der Waals surface area (Å²) in [7, 11) is 4.68. The molecule has 7 heteroatoms. The molecule has 0 aliphatic carbocycles. The van der Waals surface area contributed by atoms with E-state index in [1.807, 2.05) is 0 Å². The number of nitrogens with zero attached hydrogens (tertiary/aromatic N) is 1. The molecule has 106 valence electrons. The van der Waals surface area contributed by atoms with Crippen LogP contribution in [0.5, 0.6) is 5.75 Å². The second-order valence-electron chi connectivity index (χ2n) is 4.32. The van der Waals surface area contributed by atoms with Gasteiger partial charge in [-0.2, -0.15) is 13.2 Å². The molecule has 0 unspecified atom stereocenters. The smallest absolute Gasteiger partial charge is 0.416 e. The first kappa shape index (κ1) is 15.3. The highest BCUT2D eigenvalue weighted by molar-refractivity contribution is 5.96. The Kier molecular flexibility index (Phi) is 4.41. The minimum absolute atomic E-state index is 0.0780. The number of hydrogen-bond acceptors (Lipinski definition) is 3. The maximum atomic E-state index is 12.8. The van der Waals surface area contributed by atoms with E-state index in [1.54, 1.807) is 19.0 Å². The highest BCUT2D eigenvalue weighted by atomic mass is 19.4. The summed E-state index contributed by atoms with van der Waals surface area (Å²) in [4.78, 5) is 12.9. The Morgan fingerprint density at radius 2 is 1.95 bits per heavy atom. The first-order valence-electron chi connectivity index (χ1n) is 5.39. The summed E-state index contributed by atoms with van der Waals surface area (Å²) in [5.74, 6) is -0.878. The minimum Gasteiger partial charge on any atom is -0.496 e. The molecule has 0 fully saturated rings. The second-order valence-corrected chi connectivity index (χ2v) is 4.32. The van der Waals surface area contributed by atoms with E-state index in [0.717, 1.165) is 6.07 Å². The molecule has 1 amide bonds. The van der Waals surface area contributed by atoms with E-state index in [9.17, 15) is 18.0 Å². The molecular weight excluding hydrogens is 261 g/mol. The maximum absolute atomic E-state index is 12.8. The van der Waals surface area contributed by atoms with E-state index in [0.29, 0.717) is 6.07 Å². The number of ether oxygens (including phenoxy) is 1. The quantitative estimate of drug-likeness (QED) is 0.913.